The van der Waals surface area contributed by atoms with Crippen molar-refractivity contribution in [2.24, 2.45) is 5.84 Å². The van der Waals surface area contributed by atoms with E-state index < -0.39 is 6.61 Å². The Kier molecular flexibility index (Phi) is 3.29. The van der Waals surface area contributed by atoms with Crippen LogP contribution in [0.2, 0.25) is 0 Å². The zero-order valence-corrected chi connectivity index (χ0v) is 10.00. The van der Waals surface area contributed by atoms with E-state index in [1.54, 1.807) is 19.1 Å². The Morgan fingerprint density at radius 1 is 1.33 bits per heavy atom. The van der Waals surface area contributed by atoms with E-state index in [4.69, 9.17) is 5.84 Å². The molecule has 2 rings (SSSR count). The van der Waals surface area contributed by atoms with E-state index in [2.05, 4.69) is 15.1 Å². The second kappa shape index (κ2) is 4.73. The number of ether oxygens (including phenoxy) is 1. The molecule has 96 valence electrons. The Morgan fingerprint density at radius 3 is 2.67 bits per heavy atom. The number of nitrogens with one attached hydrogen (secondary N) is 1. The molecule has 4 nitrogen and oxygen atoms in total. The van der Waals surface area contributed by atoms with Crippen molar-refractivity contribution in [3.63, 3.8) is 0 Å². The van der Waals surface area contributed by atoms with Crippen LogP contribution < -0.4 is 16.0 Å². The highest BCUT2D eigenvalue weighted by Crippen LogP contribution is 2.32. The Labute approximate surface area is 103 Å². The quantitative estimate of drug-likeness (QED) is 0.652. The molecule has 3 N–H and O–H groups in total. The monoisotopic (exact) mass is 253 g/mol. The number of aryl methyl sites for hydroxylation is 1. The predicted molar refractivity (Wildman–Crippen MR) is 65.7 cm³/mol. The van der Waals surface area contributed by atoms with Gasteiger partial charge in [0.05, 0.1) is 5.69 Å². The maximum atomic E-state index is 12.3. The average Bonchev–Trinajstić information content (AvgIpc) is 2.31. The Hall–Kier alpha value is -1.95. The van der Waals surface area contributed by atoms with Gasteiger partial charge < -0.3 is 10.2 Å². The lowest BCUT2D eigenvalue weighted by molar-refractivity contribution is -0.0489. The molecular weight excluding hydrogens is 240 g/mol. The molecule has 0 amide bonds. The molecule has 0 atom stereocenters. The van der Waals surface area contributed by atoms with Gasteiger partial charge in [0.25, 0.3) is 0 Å². The summed E-state index contributed by atoms with van der Waals surface area (Å²) in [5, 5.41) is 0.652. The zero-order valence-electron chi connectivity index (χ0n) is 10.00. The van der Waals surface area contributed by atoms with Crippen molar-refractivity contribution in [1.29, 1.82) is 0 Å². The number of rotatable bonds is 3. The molecule has 0 unspecified atom stereocenters. The molecule has 1 aromatic heterocycles. The number of anilines is 1. The second-order valence-corrected chi connectivity index (χ2v) is 3.87. The minimum atomic E-state index is -2.88. The van der Waals surface area contributed by atoms with Gasteiger partial charge in [0.15, 0.2) is 5.75 Å². The topological polar surface area (TPSA) is 60.2 Å². The molecule has 0 saturated heterocycles. The summed E-state index contributed by atoms with van der Waals surface area (Å²) in [5.74, 6) is 5.51. The molecule has 0 spiro atoms. The number of hydrogen-bond acceptors (Lipinski definition) is 4. The SMILES string of the molecule is Cc1nc2c(OC(F)F)cccc2c(NN)c1C. The molecule has 6 heteroatoms. The van der Waals surface area contributed by atoms with Crippen LogP contribution in [0.1, 0.15) is 11.3 Å². The van der Waals surface area contributed by atoms with Crippen molar-refractivity contribution in [2.45, 2.75) is 20.5 Å². The van der Waals surface area contributed by atoms with Crippen LogP contribution in [0.15, 0.2) is 18.2 Å². The zero-order chi connectivity index (χ0) is 13.3. The van der Waals surface area contributed by atoms with Crippen LogP contribution >= 0.6 is 0 Å². The third kappa shape index (κ3) is 2.06. The highest BCUT2D eigenvalue weighted by molar-refractivity contribution is 5.96. The number of halogens is 2. The van der Waals surface area contributed by atoms with E-state index in [1.807, 2.05) is 6.92 Å². The number of para-hydroxylation sites is 1. The fourth-order valence-corrected chi connectivity index (χ4v) is 1.85. The first-order valence-corrected chi connectivity index (χ1v) is 5.36. The molecule has 2 aromatic rings. The predicted octanol–water partition coefficient (Wildman–Crippen LogP) is 2.74. The minimum absolute atomic E-state index is 0.0436. The maximum absolute atomic E-state index is 12.3. The number of alkyl halides is 2. The van der Waals surface area contributed by atoms with Crippen LogP contribution in [0.25, 0.3) is 10.9 Å². The molecular formula is C12H13F2N3O. The number of fused-ring (bicyclic) bond motifs is 1. The first kappa shape index (κ1) is 12.5. The number of benzene rings is 1. The summed E-state index contributed by atoms with van der Waals surface area (Å²) in [6, 6.07) is 4.83. The number of nitrogens with two attached hydrogens (primary N) is 1. The standard InChI is InChI=1S/C12H13F2N3O/c1-6-7(2)16-11-8(10(6)17-15)4-3-5-9(11)18-12(13)14/h3-5,12H,15H2,1-2H3,(H,16,17). The van der Waals surface area contributed by atoms with Gasteiger partial charge in [0.1, 0.15) is 5.52 Å². The van der Waals surface area contributed by atoms with Crippen LogP contribution in [0.4, 0.5) is 14.5 Å². The number of pyridine rings is 1. The number of nitrogens with zero attached hydrogens (tertiary/aromatic N) is 1. The van der Waals surface area contributed by atoms with Gasteiger partial charge in [-0.05, 0) is 25.5 Å². The number of hydrazine groups is 1. The second-order valence-electron chi connectivity index (χ2n) is 3.87. The van der Waals surface area contributed by atoms with Crippen LogP contribution in [-0.4, -0.2) is 11.6 Å². The Morgan fingerprint density at radius 2 is 2.06 bits per heavy atom. The molecule has 1 heterocycles. The number of nitrogen functional groups attached to an aromatic ring is 1. The first-order chi connectivity index (χ1) is 8.54. The normalized spacial score (nSPS) is 11.0. The molecule has 0 aliphatic rings. The van der Waals surface area contributed by atoms with Gasteiger partial charge in [-0.2, -0.15) is 8.78 Å². The maximum Gasteiger partial charge on any atom is 0.387 e. The van der Waals surface area contributed by atoms with Gasteiger partial charge in [0.2, 0.25) is 0 Å². The van der Waals surface area contributed by atoms with Gasteiger partial charge in [-0.1, -0.05) is 12.1 Å². The van der Waals surface area contributed by atoms with Crippen molar-refractivity contribution >= 4 is 16.6 Å². The molecule has 1 aromatic carbocycles. The van der Waals surface area contributed by atoms with E-state index in [1.165, 1.54) is 6.07 Å². The van der Waals surface area contributed by atoms with Crippen molar-refractivity contribution < 1.29 is 13.5 Å². The lowest BCUT2D eigenvalue weighted by atomic mass is 10.1. The van der Waals surface area contributed by atoms with E-state index >= 15 is 0 Å². The van der Waals surface area contributed by atoms with Gasteiger partial charge in [-0.15, -0.1) is 0 Å². The molecule has 0 fully saturated rings. The summed E-state index contributed by atoms with van der Waals surface area (Å²) < 4.78 is 29.1. The lowest BCUT2D eigenvalue weighted by Crippen LogP contribution is -2.11. The summed E-state index contributed by atoms with van der Waals surface area (Å²) in [6.07, 6.45) is 0. The van der Waals surface area contributed by atoms with E-state index in [-0.39, 0.29) is 5.75 Å². The summed E-state index contributed by atoms with van der Waals surface area (Å²) >= 11 is 0. The van der Waals surface area contributed by atoms with Crippen molar-refractivity contribution in [3.8, 4) is 5.75 Å². The highest BCUT2D eigenvalue weighted by Gasteiger charge is 2.14. The fraction of sp³-hybridized carbons (Fsp3) is 0.250. The molecule has 0 aliphatic heterocycles. The fourth-order valence-electron chi connectivity index (χ4n) is 1.85. The van der Waals surface area contributed by atoms with Gasteiger partial charge in [-0.25, -0.2) is 4.98 Å². The smallest absolute Gasteiger partial charge is 0.387 e. The average molecular weight is 253 g/mol. The largest absolute Gasteiger partial charge is 0.432 e. The van der Waals surface area contributed by atoms with Crippen molar-refractivity contribution in [2.75, 3.05) is 5.43 Å². The Bertz CT molecular complexity index is 587. The molecule has 18 heavy (non-hydrogen) atoms. The highest BCUT2D eigenvalue weighted by atomic mass is 19.3. The summed E-state index contributed by atoms with van der Waals surface area (Å²) in [4.78, 5) is 4.28. The summed E-state index contributed by atoms with van der Waals surface area (Å²) in [5.41, 5.74) is 5.19. The van der Waals surface area contributed by atoms with Crippen LogP contribution in [0, 0.1) is 13.8 Å². The minimum Gasteiger partial charge on any atom is -0.432 e. The molecule has 0 aliphatic carbocycles. The molecule has 0 bridgehead atoms. The van der Waals surface area contributed by atoms with Gasteiger partial charge >= 0.3 is 6.61 Å². The third-order valence-electron chi connectivity index (χ3n) is 2.83. The first-order valence-electron chi connectivity index (χ1n) is 5.36. The van der Waals surface area contributed by atoms with Crippen LogP contribution in [0.3, 0.4) is 0 Å². The summed E-state index contributed by atoms with van der Waals surface area (Å²) in [7, 11) is 0. The number of hydrogen-bond donors (Lipinski definition) is 2. The lowest BCUT2D eigenvalue weighted by Gasteiger charge is -2.14. The van der Waals surface area contributed by atoms with Crippen molar-refractivity contribution in [3.05, 3.63) is 29.5 Å². The van der Waals surface area contributed by atoms with E-state index in [9.17, 15) is 8.78 Å². The number of aromatic nitrogens is 1. The van der Waals surface area contributed by atoms with Crippen molar-refractivity contribution in [1.82, 2.24) is 4.98 Å². The third-order valence-corrected chi connectivity index (χ3v) is 2.83. The van der Waals surface area contributed by atoms with Gasteiger partial charge in [-0.3, -0.25) is 5.84 Å². The summed E-state index contributed by atoms with van der Waals surface area (Å²) in [6.45, 7) is 0.764. The molecule has 0 radical (unpaired) electrons. The Balaban J connectivity index is 2.74. The van der Waals surface area contributed by atoms with Gasteiger partial charge in [0, 0.05) is 11.1 Å². The van der Waals surface area contributed by atoms with Crippen LogP contribution in [-0.2, 0) is 0 Å². The van der Waals surface area contributed by atoms with Crippen LogP contribution in [0.5, 0.6) is 5.75 Å². The van der Waals surface area contributed by atoms with E-state index in [0.717, 1.165) is 5.56 Å². The molecule has 0 saturated carbocycles. The van der Waals surface area contributed by atoms with E-state index in [0.29, 0.717) is 22.3 Å².